The second-order valence-electron chi connectivity index (χ2n) is 4.06. The quantitative estimate of drug-likeness (QED) is 0.386. The maximum absolute atomic E-state index is 11.3. The summed E-state index contributed by atoms with van der Waals surface area (Å²) >= 11 is 0. The number of ether oxygens (including phenoxy) is 1. The summed E-state index contributed by atoms with van der Waals surface area (Å²) in [4.78, 5) is 33.7. The Bertz CT molecular complexity index is 333. The van der Waals surface area contributed by atoms with E-state index in [0.29, 0.717) is 6.42 Å². The Morgan fingerprint density at radius 1 is 1.08 bits per heavy atom. The van der Waals surface area contributed by atoms with Gasteiger partial charge in [0.05, 0.1) is 11.8 Å². The summed E-state index contributed by atoms with van der Waals surface area (Å²) in [5, 5.41) is 0. The van der Waals surface area contributed by atoms with Crippen LogP contribution >= 0.6 is 0 Å². The van der Waals surface area contributed by atoms with Gasteiger partial charge in [0.15, 0.2) is 0 Å². The molecule has 0 aromatic heterocycles. The van der Waals surface area contributed by atoms with Gasteiger partial charge in [0, 0.05) is 12.3 Å². The first-order valence-electron chi connectivity index (χ1n) is 4.46. The fraction of sp³-hybridized carbons (Fsp3) is 0.667. The van der Waals surface area contributed by atoms with E-state index < -0.39 is 17.9 Å². The molecule has 4 heteroatoms. The smallest absolute Gasteiger partial charge is 0.318 e. The van der Waals surface area contributed by atoms with E-state index in [1.807, 2.05) is 0 Å². The highest BCUT2D eigenvalue weighted by molar-refractivity contribution is 6.03. The van der Waals surface area contributed by atoms with Crippen molar-refractivity contribution >= 4 is 17.7 Å². The van der Waals surface area contributed by atoms with Crippen molar-refractivity contribution in [2.75, 3.05) is 0 Å². The molecule has 68 valence electrons. The van der Waals surface area contributed by atoms with Gasteiger partial charge in [0.25, 0.3) is 0 Å². The van der Waals surface area contributed by atoms with Crippen LogP contribution in [0.1, 0.15) is 12.8 Å². The van der Waals surface area contributed by atoms with Crippen molar-refractivity contribution in [3.8, 4) is 0 Å². The third-order valence-electron chi connectivity index (χ3n) is 3.51. The zero-order valence-corrected chi connectivity index (χ0v) is 6.86. The largest absolute Gasteiger partial charge is 0.393 e. The van der Waals surface area contributed by atoms with Crippen LogP contribution in [-0.2, 0) is 19.1 Å². The maximum atomic E-state index is 11.3. The van der Waals surface area contributed by atoms with Gasteiger partial charge < -0.3 is 4.74 Å². The average Bonchev–Trinajstić information content (AvgIpc) is 2.64. The van der Waals surface area contributed by atoms with E-state index >= 15 is 0 Å². The summed E-state index contributed by atoms with van der Waals surface area (Å²) in [7, 11) is 0. The first-order chi connectivity index (χ1) is 6.18. The number of Topliss-reactive ketones (excluding diaryl/α,β-unsaturated/α-hetero) is 1. The zero-order chi connectivity index (χ0) is 9.16. The van der Waals surface area contributed by atoms with Gasteiger partial charge in [-0.15, -0.1) is 0 Å². The number of rotatable bonds is 0. The molecule has 4 atom stereocenters. The van der Waals surface area contributed by atoms with Crippen LogP contribution in [0.15, 0.2) is 0 Å². The molecule has 2 aliphatic carbocycles. The topological polar surface area (TPSA) is 60.4 Å². The molecule has 0 radical (unpaired) electrons. The third-order valence-corrected chi connectivity index (χ3v) is 3.51. The van der Waals surface area contributed by atoms with Gasteiger partial charge in [-0.3, -0.25) is 14.4 Å². The Kier molecular flexibility index (Phi) is 1.11. The molecule has 1 heterocycles. The molecule has 2 bridgehead atoms. The van der Waals surface area contributed by atoms with Crippen LogP contribution in [0.3, 0.4) is 0 Å². The number of esters is 2. The van der Waals surface area contributed by atoms with E-state index in [1.54, 1.807) is 0 Å². The summed E-state index contributed by atoms with van der Waals surface area (Å²) < 4.78 is 4.53. The number of fused-ring (bicyclic) bond motifs is 5. The normalized spacial score (nSPS) is 46.9. The van der Waals surface area contributed by atoms with Crippen molar-refractivity contribution in [3.05, 3.63) is 0 Å². The second-order valence-corrected chi connectivity index (χ2v) is 4.06. The van der Waals surface area contributed by atoms with Gasteiger partial charge in [0.1, 0.15) is 5.78 Å². The van der Waals surface area contributed by atoms with Crippen LogP contribution in [-0.4, -0.2) is 17.7 Å². The molecule has 13 heavy (non-hydrogen) atoms. The molecule has 0 aromatic carbocycles. The molecular weight excluding hydrogens is 172 g/mol. The summed E-state index contributed by atoms with van der Waals surface area (Å²) in [6.07, 6.45) is 1.18. The molecule has 1 aliphatic heterocycles. The van der Waals surface area contributed by atoms with Crippen molar-refractivity contribution in [1.29, 1.82) is 0 Å². The van der Waals surface area contributed by atoms with Crippen molar-refractivity contribution in [3.63, 3.8) is 0 Å². The summed E-state index contributed by atoms with van der Waals surface area (Å²) in [5.41, 5.74) is 0. The van der Waals surface area contributed by atoms with Crippen LogP contribution in [0, 0.1) is 23.7 Å². The number of carbonyl (C=O) groups excluding carboxylic acids is 3. The van der Waals surface area contributed by atoms with Crippen molar-refractivity contribution in [2.24, 2.45) is 23.7 Å². The molecule has 4 nitrogen and oxygen atoms in total. The summed E-state index contributed by atoms with van der Waals surface area (Å²) in [6.45, 7) is 0. The predicted molar refractivity (Wildman–Crippen MR) is 39.3 cm³/mol. The lowest BCUT2D eigenvalue weighted by atomic mass is 9.80. The van der Waals surface area contributed by atoms with Gasteiger partial charge in [0.2, 0.25) is 0 Å². The molecule has 3 fully saturated rings. The van der Waals surface area contributed by atoms with E-state index in [0.717, 1.165) is 6.42 Å². The lowest BCUT2D eigenvalue weighted by molar-refractivity contribution is -0.155. The Morgan fingerprint density at radius 3 is 2.54 bits per heavy atom. The average molecular weight is 180 g/mol. The standard InChI is InChI=1S/C9H8O4/c10-5-2-3-1-4(5)7-6(3)8(11)13-9(7)12/h3-4,6-7H,1-2H2/t3-,4-,6+,7+/m0/s1. The van der Waals surface area contributed by atoms with Crippen molar-refractivity contribution in [1.82, 2.24) is 0 Å². The molecule has 0 amide bonds. The van der Waals surface area contributed by atoms with Gasteiger partial charge in [-0.25, -0.2) is 0 Å². The van der Waals surface area contributed by atoms with E-state index in [1.165, 1.54) is 0 Å². The molecule has 0 N–H and O–H groups in total. The number of cyclic esters (lactones) is 2. The highest BCUT2D eigenvalue weighted by Crippen LogP contribution is 2.53. The maximum Gasteiger partial charge on any atom is 0.318 e. The van der Waals surface area contributed by atoms with Crippen molar-refractivity contribution in [2.45, 2.75) is 12.8 Å². The van der Waals surface area contributed by atoms with E-state index in [2.05, 4.69) is 4.74 Å². The number of hydrogen-bond acceptors (Lipinski definition) is 4. The monoisotopic (exact) mass is 180 g/mol. The molecular formula is C9H8O4. The van der Waals surface area contributed by atoms with Crippen LogP contribution in [0.2, 0.25) is 0 Å². The summed E-state index contributed by atoms with van der Waals surface area (Å²) in [5.74, 6) is -1.60. The van der Waals surface area contributed by atoms with E-state index in [9.17, 15) is 14.4 Å². The highest BCUT2D eigenvalue weighted by atomic mass is 16.6. The Hall–Kier alpha value is -1.19. The molecule has 0 spiro atoms. The van der Waals surface area contributed by atoms with E-state index in [4.69, 9.17) is 0 Å². The molecule has 1 saturated heterocycles. The van der Waals surface area contributed by atoms with Crippen LogP contribution in [0.4, 0.5) is 0 Å². The first kappa shape index (κ1) is 7.24. The van der Waals surface area contributed by atoms with E-state index in [-0.39, 0.29) is 23.5 Å². The van der Waals surface area contributed by atoms with Gasteiger partial charge in [-0.1, -0.05) is 0 Å². The first-order valence-corrected chi connectivity index (χ1v) is 4.46. The van der Waals surface area contributed by atoms with Gasteiger partial charge in [-0.05, 0) is 12.3 Å². The molecule has 0 aromatic rings. The van der Waals surface area contributed by atoms with Crippen molar-refractivity contribution < 1.29 is 19.1 Å². The molecule has 2 saturated carbocycles. The zero-order valence-electron chi connectivity index (χ0n) is 6.86. The van der Waals surface area contributed by atoms with Crippen LogP contribution < -0.4 is 0 Å². The molecule has 3 rings (SSSR count). The number of ketones is 1. The van der Waals surface area contributed by atoms with Gasteiger partial charge >= 0.3 is 11.9 Å². The number of hydrogen-bond donors (Lipinski definition) is 0. The fourth-order valence-corrected chi connectivity index (χ4v) is 3.00. The highest BCUT2D eigenvalue weighted by Gasteiger charge is 2.62. The Morgan fingerprint density at radius 2 is 1.77 bits per heavy atom. The SMILES string of the molecule is O=C1OC(=O)[C@H]2[C@H]1[C@@H]1CC(=O)[C@@H]2C1. The minimum atomic E-state index is -0.476. The lowest BCUT2D eigenvalue weighted by Gasteiger charge is -2.16. The lowest BCUT2D eigenvalue weighted by Crippen LogP contribution is -2.30. The fourth-order valence-electron chi connectivity index (χ4n) is 3.00. The third kappa shape index (κ3) is 0.692. The van der Waals surface area contributed by atoms with Gasteiger partial charge in [-0.2, -0.15) is 0 Å². The summed E-state index contributed by atoms with van der Waals surface area (Å²) in [6, 6.07) is 0. The number of carbonyl (C=O) groups is 3. The second kappa shape index (κ2) is 2.00. The molecule has 3 aliphatic rings. The Balaban J connectivity index is 2.05. The predicted octanol–water partition coefficient (Wildman–Crippen LogP) is -0.0889. The minimum Gasteiger partial charge on any atom is -0.393 e. The molecule has 0 unspecified atom stereocenters. The van der Waals surface area contributed by atoms with Crippen LogP contribution in [0.5, 0.6) is 0 Å². The van der Waals surface area contributed by atoms with Crippen LogP contribution in [0.25, 0.3) is 0 Å². The minimum absolute atomic E-state index is 0.0847. The Labute approximate surface area is 74.2 Å².